The summed E-state index contributed by atoms with van der Waals surface area (Å²) in [5, 5.41) is 36.2. The maximum absolute atomic E-state index is 13.1. The highest BCUT2D eigenvalue weighted by Gasteiger charge is 2.41. The van der Waals surface area contributed by atoms with Gasteiger partial charge in [-0.3, -0.25) is 19.2 Å². The third-order valence-corrected chi connectivity index (χ3v) is 10.6. The molecule has 0 fully saturated rings. The lowest BCUT2D eigenvalue weighted by atomic mass is 9.71. The minimum absolute atomic E-state index is 0.154. The van der Waals surface area contributed by atoms with Crippen molar-refractivity contribution >= 4 is 47.4 Å². The fourth-order valence-electron chi connectivity index (χ4n) is 7.09. The van der Waals surface area contributed by atoms with Gasteiger partial charge in [0.25, 0.3) is 0 Å². The monoisotopic (exact) mass is 908 g/mol. The van der Waals surface area contributed by atoms with E-state index in [4.69, 9.17) is 19.7 Å². The highest BCUT2D eigenvalue weighted by molar-refractivity contribution is 6.04. The number of rotatable bonds is 20. The van der Waals surface area contributed by atoms with Crippen LogP contribution in [0.2, 0.25) is 0 Å². The number of aliphatic carboxylic acids is 4. The molecule has 0 heterocycles. The van der Waals surface area contributed by atoms with Crippen molar-refractivity contribution < 1.29 is 68.3 Å². The highest BCUT2D eigenvalue weighted by atomic mass is 16.6. The Balaban J connectivity index is 2.03. The quantitative estimate of drug-likeness (QED) is 0.0507. The number of ether oxygens (including phenoxy) is 2. The lowest BCUT2D eigenvalue weighted by molar-refractivity contribution is -0.151. The van der Waals surface area contributed by atoms with Gasteiger partial charge in [0.05, 0.1) is 24.0 Å². The van der Waals surface area contributed by atoms with Gasteiger partial charge in [-0.1, -0.05) is 135 Å². The number of esters is 2. The molecule has 0 bridgehead atoms. The van der Waals surface area contributed by atoms with Crippen LogP contribution in [0.4, 0.5) is 0 Å². The lowest BCUT2D eigenvalue weighted by Crippen LogP contribution is -2.38. The minimum atomic E-state index is -1.57. The summed E-state index contributed by atoms with van der Waals surface area (Å²) in [4.78, 5) is 95.6. The maximum Gasteiger partial charge on any atom is 0.332 e. The molecule has 4 N–H and O–H groups in total. The largest absolute Gasteiger partial charge is 0.481 e. The summed E-state index contributed by atoms with van der Waals surface area (Å²) in [6, 6.07) is 0. The predicted molar refractivity (Wildman–Crippen MR) is 249 cm³/mol. The van der Waals surface area contributed by atoms with Crippen LogP contribution in [0.3, 0.4) is 0 Å². The van der Waals surface area contributed by atoms with E-state index >= 15 is 0 Å². The van der Waals surface area contributed by atoms with Crippen molar-refractivity contribution in [2.24, 2.45) is 10.8 Å². The van der Waals surface area contributed by atoms with E-state index in [1.165, 1.54) is 0 Å². The zero-order chi connectivity index (χ0) is 50.1. The standard InChI is InChI=1S/C52H60O14/c1-31(17-13-19-33(3)21-23-39-35(5)47(59)41(29-51(39,7)8)65-45(57)27-37(49(61)62)25-43(53)54)15-11-12-16-32(2)18-14-20-34(4)22-24-40-36(6)48(60)42(30-52(40,9)10)66-46(58)28-38(50(63)64)26-44(55)56/h11-24,27-28,41-42H,25-26,29-30H2,1-10H3,(H,53,54)(H,55,56)(H,61,62)(H,63,64). The van der Waals surface area contributed by atoms with E-state index in [0.29, 0.717) is 23.3 Å². The summed E-state index contributed by atoms with van der Waals surface area (Å²) in [5.41, 5.74) is 3.74. The summed E-state index contributed by atoms with van der Waals surface area (Å²) >= 11 is 0. The average molecular weight is 909 g/mol. The Labute approximate surface area is 385 Å². The van der Waals surface area contributed by atoms with E-state index in [9.17, 15) is 48.6 Å². The van der Waals surface area contributed by atoms with Crippen LogP contribution in [0.5, 0.6) is 0 Å². The molecule has 0 spiro atoms. The third kappa shape index (κ3) is 17.7. The predicted octanol–water partition coefficient (Wildman–Crippen LogP) is 8.98. The first kappa shape index (κ1) is 54.9. The number of hydrogen-bond donors (Lipinski definition) is 4. The Morgan fingerprint density at radius 3 is 1.14 bits per heavy atom. The van der Waals surface area contributed by atoms with Gasteiger partial charge in [0, 0.05) is 25.0 Å². The molecular weight excluding hydrogens is 849 g/mol. The number of carboxylic acids is 4. The molecule has 0 radical (unpaired) electrons. The molecule has 66 heavy (non-hydrogen) atoms. The second kappa shape index (κ2) is 24.7. The Morgan fingerprint density at radius 1 is 0.530 bits per heavy atom. The molecule has 0 amide bonds. The first-order valence-electron chi connectivity index (χ1n) is 21.0. The normalized spacial score (nSPS) is 20.4. The molecule has 2 aliphatic carbocycles. The van der Waals surface area contributed by atoms with Crippen LogP contribution in [-0.4, -0.2) is 80.0 Å². The first-order valence-corrected chi connectivity index (χ1v) is 21.0. The molecule has 0 aliphatic heterocycles. The van der Waals surface area contributed by atoms with Crippen molar-refractivity contribution in [3.8, 4) is 0 Å². The second-order valence-electron chi connectivity index (χ2n) is 17.3. The lowest BCUT2D eigenvalue weighted by Gasteiger charge is -2.36. The fourth-order valence-corrected chi connectivity index (χ4v) is 7.09. The van der Waals surface area contributed by atoms with Gasteiger partial charge >= 0.3 is 35.8 Å². The molecule has 0 saturated heterocycles. The number of hydrogen-bond acceptors (Lipinski definition) is 10. The molecule has 2 unspecified atom stereocenters. The molecular formula is C52H60O14. The van der Waals surface area contributed by atoms with Crippen molar-refractivity contribution in [2.45, 2.75) is 107 Å². The van der Waals surface area contributed by atoms with Crippen LogP contribution in [0.1, 0.15) is 94.9 Å². The van der Waals surface area contributed by atoms with Gasteiger partial charge in [0.2, 0.25) is 0 Å². The Kier molecular flexibility index (Phi) is 20.6. The van der Waals surface area contributed by atoms with Crippen LogP contribution < -0.4 is 0 Å². The SMILES string of the molecule is CC(C=CC=C(C)C=CC1=C(C)C(=O)C(OC(=O)C=C(CC(=O)O)C(=O)O)CC1(C)C)=CC=CC=C(C)C=CC=C(C)C=CC1=C(C)C(=O)C(OC(=O)C=C(CC(=O)O)C(=O)O)CC1(C)C. The molecule has 0 aromatic rings. The Bertz CT molecular complexity index is 2240. The molecule has 0 aromatic carbocycles. The van der Waals surface area contributed by atoms with Gasteiger partial charge in [0.15, 0.2) is 23.8 Å². The second-order valence-corrected chi connectivity index (χ2v) is 17.3. The minimum Gasteiger partial charge on any atom is -0.481 e. The van der Waals surface area contributed by atoms with E-state index in [1.54, 1.807) is 13.8 Å². The molecule has 2 rings (SSSR count). The van der Waals surface area contributed by atoms with Crippen LogP contribution in [0.15, 0.2) is 153 Å². The zero-order valence-electron chi connectivity index (χ0n) is 39.1. The third-order valence-electron chi connectivity index (χ3n) is 10.6. The Hall–Kier alpha value is -7.22. The Morgan fingerprint density at radius 2 is 0.833 bits per heavy atom. The number of carboxylic acid groups (broad SMARTS) is 4. The molecule has 14 nitrogen and oxygen atoms in total. The number of allylic oxidation sites excluding steroid dienone is 20. The van der Waals surface area contributed by atoms with Crippen LogP contribution in [-0.2, 0) is 47.8 Å². The van der Waals surface area contributed by atoms with Crippen molar-refractivity contribution in [1.82, 2.24) is 0 Å². The van der Waals surface area contributed by atoms with Crippen molar-refractivity contribution in [3.63, 3.8) is 0 Å². The van der Waals surface area contributed by atoms with Gasteiger partial charge < -0.3 is 29.9 Å². The first-order chi connectivity index (χ1) is 30.6. The summed E-state index contributed by atoms with van der Waals surface area (Å²) < 4.78 is 10.6. The van der Waals surface area contributed by atoms with Crippen molar-refractivity contribution in [1.29, 1.82) is 0 Å². The molecule has 0 saturated carbocycles. The highest BCUT2D eigenvalue weighted by Crippen LogP contribution is 2.42. The van der Waals surface area contributed by atoms with Gasteiger partial charge in [-0.05, 0) is 74.7 Å². The molecule has 14 heteroatoms. The van der Waals surface area contributed by atoms with Crippen molar-refractivity contribution in [3.05, 3.63) is 153 Å². The van der Waals surface area contributed by atoms with E-state index in [1.807, 2.05) is 140 Å². The molecule has 352 valence electrons. The average Bonchev–Trinajstić information content (AvgIpc) is 3.19. The van der Waals surface area contributed by atoms with E-state index in [0.717, 1.165) is 33.4 Å². The smallest absolute Gasteiger partial charge is 0.332 e. The van der Waals surface area contributed by atoms with Crippen LogP contribution >= 0.6 is 0 Å². The summed E-state index contributed by atoms with van der Waals surface area (Å²) in [7, 11) is 0. The van der Waals surface area contributed by atoms with E-state index < -0.39 is 94.4 Å². The molecule has 2 aliphatic rings. The van der Waals surface area contributed by atoms with Gasteiger partial charge in [0.1, 0.15) is 0 Å². The van der Waals surface area contributed by atoms with E-state index in [2.05, 4.69) is 0 Å². The van der Waals surface area contributed by atoms with Crippen LogP contribution in [0.25, 0.3) is 0 Å². The number of carbonyl (C=O) groups is 8. The van der Waals surface area contributed by atoms with Gasteiger partial charge in [-0.15, -0.1) is 0 Å². The van der Waals surface area contributed by atoms with E-state index in [-0.39, 0.29) is 12.8 Å². The number of ketones is 2. The summed E-state index contributed by atoms with van der Waals surface area (Å²) in [6.07, 6.45) is 24.3. The van der Waals surface area contributed by atoms with Gasteiger partial charge in [-0.2, -0.15) is 0 Å². The topological polar surface area (TPSA) is 236 Å². The maximum atomic E-state index is 13.1. The molecule has 0 aromatic heterocycles. The fraction of sp³-hybridized carbons (Fsp3) is 0.346. The summed E-state index contributed by atoms with van der Waals surface area (Å²) in [5.74, 6) is -9.00. The van der Waals surface area contributed by atoms with Gasteiger partial charge in [-0.25, -0.2) is 19.2 Å². The van der Waals surface area contributed by atoms with Crippen molar-refractivity contribution in [2.75, 3.05) is 0 Å². The molecule has 2 atom stereocenters. The number of Topliss-reactive ketones (excluding diaryl/α,β-unsaturated/α-hetero) is 2. The number of carbonyl (C=O) groups excluding carboxylic acids is 4. The zero-order valence-corrected chi connectivity index (χ0v) is 39.1. The van der Waals surface area contributed by atoms with Crippen LogP contribution in [0, 0.1) is 10.8 Å². The summed E-state index contributed by atoms with van der Waals surface area (Å²) in [6.45, 7) is 18.7.